The van der Waals surface area contributed by atoms with Crippen LogP contribution < -0.4 is 5.73 Å². The average molecular weight is 300 g/mol. The average Bonchev–Trinajstić information content (AvgIpc) is 2.35. The standard InChI is InChI=1S/C13H9Cl3N2/c14-9-5-1-2-7-11(9)18-13(17)8-4-3-6-10(15)12(8)16/h1-7H,(H2,17,18). The van der Waals surface area contributed by atoms with E-state index < -0.39 is 0 Å². The lowest BCUT2D eigenvalue weighted by Gasteiger charge is -2.05. The molecule has 2 nitrogen and oxygen atoms in total. The molecule has 0 aromatic heterocycles. The lowest BCUT2D eigenvalue weighted by atomic mass is 10.2. The highest BCUT2D eigenvalue weighted by Crippen LogP contribution is 2.28. The van der Waals surface area contributed by atoms with Gasteiger partial charge in [-0.1, -0.05) is 53.0 Å². The Balaban J connectivity index is 2.46. The molecule has 92 valence electrons. The van der Waals surface area contributed by atoms with E-state index in [4.69, 9.17) is 40.5 Å². The van der Waals surface area contributed by atoms with Crippen molar-refractivity contribution in [3.05, 3.63) is 63.1 Å². The van der Waals surface area contributed by atoms with E-state index in [0.29, 0.717) is 26.3 Å². The monoisotopic (exact) mass is 298 g/mol. The Labute approximate surface area is 120 Å². The van der Waals surface area contributed by atoms with E-state index in [1.807, 2.05) is 12.1 Å². The highest BCUT2D eigenvalue weighted by Gasteiger charge is 2.08. The highest BCUT2D eigenvalue weighted by molar-refractivity contribution is 6.44. The van der Waals surface area contributed by atoms with Gasteiger partial charge in [0.25, 0.3) is 0 Å². The fourth-order valence-corrected chi connectivity index (χ4v) is 2.01. The number of amidine groups is 1. The Kier molecular flexibility index (Phi) is 4.12. The van der Waals surface area contributed by atoms with E-state index in [1.165, 1.54) is 0 Å². The minimum absolute atomic E-state index is 0.274. The van der Waals surface area contributed by atoms with Crippen LogP contribution >= 0.6 is 34.8 Å². The minimum atomic E-state index is 0.274. The van der Waals surface area contributed by atoms with Crippen LogP contribution in [0.25, 0.3) is 0 Å². The van der Waals surface area contributed by atoms with Gasteiger partial charge in [-0.05, 0) is 24.3 Å². The Morgan fingerprint density at radius 2 is 1.56 bits per heavy atom. The van der Waals surface area contributed by atoms with Crippen LogP contribution in [0.1, 0.15) is 5.56 Å². The summed E-state index contributed by atoms with van der Waals surface area (Å²) in [7, 11) is 0. The van der Waals surface area contributed by atoms with Crippen LogP contribution in [-0.2, 0) is 0 Å². The van der Waals surface area contributed by atoms with Crippen molar-refractivity contribution in [3.8, 4) is 0 Å². The van der Waals surface area contributed by atoms with Crippen LogP contribution in [0.15, 0.2) is 47.5 Å². The lowest BCUT2D eigenvalue weighted by Crippen LogP contribution is -2.13. The van der Waals surface area contributed by atoms with Crippen molar-refractivity contribution in [1.82, 2.24) is 0 Å². The Morgan fingerprint density at radius 3 is 2.28 bits per heavy atom. The quantitative estimate of drug-likeness (QED) is 0.634. The van der Waals surface area contributed by atoms with E-state index in [1.54, 1.807) is 30.3 Å². The number of hydrogen-bond acceptors (Lipinski definition) is 1. The first kappa shape index (κ1) is 13.2. The summed E-state index contributed by atoms with van der Waals surface area (Å²) >= 11 is 18.0. The van der Waals surface area contributed by atoms with E-state index in [-0.39, 0.29) is 5.84 Å². The fraction of sp³-hybridized carbons (Fsp3) is 0. The molecule has 0 bridgehead atoms. The van der Waals surface area contributed by atoms with Crippen LogP contribution in [0.5, 0.6) is 0 Å². The van der Waals surface area contributed by atoms with E-state index >= 15 is 0 Å². The largest absolute Gasteiger partial charge is 0.383 e. The molecule has 0 aliphatic heterocycles. The number of nitrogens with zero attached hydrogens (tertiary/aromatic N) is 1. The second-order valence-electron chi connectivity index (χ2n) is 3.55. The number of halogens is 3. The van der Waals surface area contributed by atoms with Gasteiger partial charge in [0.05, 0.1) is 20.8 Å². The summed E-state index contributed by atoms with van der Waals surface area (Å²) < 4.78 is 0. The van der Waals surface area contributed by atoms with Crippen LogP contribution in [0.2, 0.25) is 15.1 Å². The van der Waals surface area contributed by atoms with Crippen molar-refractivity contribution >= 4 is 46.3 Å². The van der Waals surface area contributed by atoms with Crippen molar-refractivity contribution in [3.63, 3.8) is 0 Å². The molecule has 0 saturated carbocycles. The Hall–Kier alpha value is -1.22. The van der Waals surface area contributed by atoms with Gasteiger partial charge in [0.15, 0.2) is 0 Å². The van der Waals surface area contributed by atoms with Crippen molar-refractivity contribution in [1.29, 1.82) is 0 Å². The summed E-state index contributed by atoms with van der Waals surface area (Å²) in [5.41, 5.74) is 7.09. The van der Waals surface area contributed by atoms with Crippen molar-refractivity contribution in [2.75, 3.05) is 0 Å². The van der Waals surface area contributed by atoms with Gasteiger partial charge in [-0.3, -0.25) is 0 Å². The molecule has 2 rings (SSSR count). The predicted molar refractivity (Wildman–Crippen MR) is 78.3 cm³/mol. The fourth-order valence-electron chi connectivity index (χ4n) is 1.43. The highest BCUT2D eigenvalue weighted by atomic mass is 35.5. The van der Waals surface area contributed by atoms with Gasteiger partial charge in [-0.25, -0.2) is 4.99 Å². The summed E-state index contributed by atoms with van der Waals surface area (Å²) in [5, 5.41) is 1.34. The number of aliphatic imine (C=N–C) groups is 1. The van der Waals surface area contributed by atoms with Crippen LogP contribution in [0, 0.1) is 0 Å². The molecule has 2 N–H and O–H groups in total. The maximum absolute atomic E-state index is 6.07. The maximum atomic E-state index is 6.07. The Bertz CT molecular complexity index is 609. The summed E-state index contributed by atoms with van der Waals surface area (Å²) in [6, 6.07) is 12.4. The van der Waals surface area contributed by atoms with E-state index in [9.17, 15) is 0 Å². The summed E-state index contributed by atoms with van der Waals surface area (Å²) in [5.74, 6) is 0.274. The normalized spacial score (nSPS) is 11.6. The molecular formula is C13H9Cl3N2. The minimum Gasteiger partial charge on any atom is -0.383 e. The van der Waals surface area contributed by atoms with Crippen LogP contribution in [-0.4, -0.2) is 5.84 Å². The van der Waals surface area contributed by atoms with Crippen LogP contribution in [0.4, 0.5) is 5.69 Å². The third-order valence-electron chi connectivity index (χ3n) is 2.32. The lowest BCUT2D eigenvalue weighted by molar-refractivity contribution is 1.45. The molecule has 0 amide bonds. The zero-order chi connectivity index (χ0) is 13.1. The zero-order valence-electron chi connectivity index (χ0n) is 9.20. The molecule has 0 radical (unpaired) electrons. The second kappa shape index (κ2) is 5.61. The topological polar surface area (TPSA) is 38.4 Å². The van der Waals surface area contributed by atoms with Gasteiger partial charge in [-0.15, -0.1) is 0 Å². The summed E-state index contributed by atoms with van der Waals surface area (Å²) in [4.78, 5) is 4.25. The van der Waals surface area contributed by atoms with Crippen LogP contribution in [0.3, 0.4) is 0 Å². The molecule has 0 aliphatic carbocycles. The zero-order valence-corrected chi connectivity index (χ0v) is 11.5. The number of benzene rings is 2. The van der Waals surface area contributed by atoms with Gasteiger partial charge in [-0.2, -0.15) is 0 Å². The smallest absolute Gasteiger partial charge is 0.132 e. The molecule has 0 atom stereocenters. The molecule has 0 heterocycles. The number of nitrogens with two attached hydrogens (primary N) is 1. The second-order valence-corrected chi connectivity index (χ2v) is 4.74. The number of rotatable bonds is 2. The van der Waals surface area contributed by atoms with Gasteiger partial charge in [0, 0.05) is 5.56 Å². The molecule has 18 heavy (non-hydrogen) atoms. The number of hydrogen-bond donors (Lipinski definition) is 1. The molecule has 0 aliphatic rings. The summed E-state index contributed by atoms with van der Waals surface area (Å²) in [6.07, 6.45) is 0. The number of para-hydroxylation sites is 1. The van der Waals surface area contributed by atoms with E-state index in [0.717, 1.165) is 0 Å². The third-order valence-corrected chi connectivity index (χ3v) is 3.46. The molecule has 5 heteroatoms. The first-order chi connectivity index (χ1) is 8.59. The van der Waals surface area contributed by atoms with Crippen molar-refractivity contribution in [2.45, 2.75) is 0 Å². The first-order valence-electron chi connectivity index (χ1n) is 5.12. The molecular weight excluding hydrogens is 291 g/mol. The van der Waals surface area contributed by atoms with E-state index in [2.05, 4.69) is 4.99 Å². The molecule has 2 aromatic carbocycles. The van der Waals surface area contributed by atoms with Crippen molar-refractivity contribution < 1.29 is 0 Å². The summed E-state index contributed by atoms with van der Waals surface area (Å²) in [6.45, 7) is 0. The Morgan fingerprint density at radius 1 is 0.889 bits per heavy atom. The van der Waals surface area contributed by atoms with Gasteiger partial charge in [0.1, 0.15) is 5.84 Å². The third kappa shape index (κ3) is 2.78. The molecule has 0 spiro atoms. The van der Waals surface area contributed by atoms with Gasteiger partial charge < -0.3 is 5.73 Å². The van der Waals surface area contributed by atoms with Gasteiger partial charge in [0.2, 0.25) is 0 Å². The molecule has 2 aromatic rings. The molecule has 0 fully saturated rings. The predicted octanol–water partition coefficient (Wildman–Crippen LogP) is 4.68. The van der Waals surface area contributed by atoms with Gasteiger partial charge >= 0.3 is 0 Å². The molecule has 0 saturated heterocycles. The molecule has 0 unspecified atom stereocenters. The van der Waals surface area contributed by atoms with Crippen molar-refractivity contribution in [2.24, 2.45) is 10.7 Å². The first-order valence-corrected chi connectivity index (χ1v) is 6.26. The SMILES string of the molecule is NC(=Nc1ccccc1Cl)c1cccc(Cl)c1Cl. The maximum Gasteiger partial charge on any atom is 0.132 e.